The van der Waals surface area contributed by atoms with Crippen LogP contribution in [0.2, 0.25) is 0 Å². The molecule has 0 amide bonds. The van der Waals surface area contributed by atoms with E-state index in [1.807, 2.05) is 27.7 Å². The fourth-order valence-corrected chi connectivity index (χ4v) is 2.92. The van der Waals surface area contributed by atoms with Gasteiger partial charge in [0.2, 0.25) is 0 Å². The topological polar surface area (TPSA) is 66.4 Å². The molecule has 0 heterocycles. The molecular formula is C11H25NO3S. The van der Waals surface area contributed by atoms with Crippen LogP contribution in [-0.4, -0.2) is 43.7 Å². The minimum Gasteiger partial charge on any atom is -0.391 e. The Balaban J connectivity index is 3.96. The van der Waals surface area contributed by atoms with Crippen LogP contribution >= 0.6 is 0 Å². The van der Waals surface area contributed by atoms with Crippen LogP contribution in [0.4, 0.5) is 0 Å². The van der Waals surface area contributed by atoms with E-state index >= 15 is 0 Å². The van der Waals surface area contributed by atoms with Gasteiger partial charge in [-0.1, -0.05) is 27.7 Å². The van der Waals surface area contributed by atoms with E-state index in [1.165, 1.54) is 0 Å². The molecule has 0 rings (SSSR count). The zero-order chi connectivity index (χ0) is 12.8. The molecule has 1 atom stereocenters. The predicted octanol–water partition coefficient (Wildman–Crippen LogP) is 0.806. The molecule has 1 unspecified atom stereocenters. The number of hydrogen-bond acceptors (Lipinski definition) is 4. The van der Waals surface area contributed by atoms with E-state index in [0.717, 1.165) is 0 Å². The van der Waals surface area contributed by atoms with Crippen molar-refractivity contribution < 1.29 is 13.5 Å². The van der Waals surface area contributed by atoms with E-state index < -0.39 is 15.9 Å². The van der Waals surface area contributed by atoms with Crippen molar-refractivity contribution in [3.63, 3.8) is 0 Å². The lowest BCUT2D eigenvalue weighted by molar-refractivity contribution is 0.190. The van der Waals surface area contributed by atoms with Crippen LogP contribution in [-0.2, 0) is 9.84 Å². The molecule has 0 saturated heterocycles. The first-order chi connectivity index (χ1) is 7.23. The van der Waals surface area contributed by atoms with E-state index in [4.69, 9.17) is 0 Å². The lowest BCUT2D eigenvalue weighted by Gasteiger charge is -2.14. The molecule has 0 aromatic rings. The molecule has 0 spiro atoms. The number of aliphatic hydroxyl groups is 1. The number of hydrogen-bond donors (Lipinski definition) is 2. The molecule has 0 fully saturated rings. The van der Waals surface area contributed by atoms with Crippen LogP contribution in [0, 0.1) is 5.92 Å². The normalized spacial score (nSPS) is 14.7. The summed E-state index contributed by atoms with van der Waals surface area (Å²) in [6, 6.07) is 0.257. The maximum atomic E-state index is 11.6. The minimum atomic E-state index is -3.11. The largest absolute Gasteiger partial charge is 0.391 e. The highest BCUT2D eigenvalue weighted by Crippen LogP contribution is 2.04. The van der Waals surface area contributed by atoms with Crippen molar-refractivity contribution in [2.45, 2.75) is 46.3 Å². The summed E-state index contributed by atoms with van der Waals surface area (Å²) in [5.74, 6) is 0.406. The molecule has 16 heavy (non-hydrogen) atoms. The maximum absolute atomic E-state index is 11.6. The van der Waals surface area contributed by atoms with Crippen LogP contribution in [0.5, 0.6) is 0 Å². The molecule has 0 aromatic carbocycles. The third-order valence-corrected chi connectivity index (χ3v) is 3.96. The first-order valence-corrected chi connectivity index (χ1v) is 7.67. The monoisotopic (exact) mass is 251 g/mol. The van der Waals surface area contributed by atoms with Gasteiger partial charge in [-0.2, -0.15) is 0 Å². The number of sulfone groups is 1. The summed E-state index contributed by atoms with van der Waals surface area (Å²) >= 11 is 0. The third kappa shape index (κ3) is 9.12. The summed E-state index contributed by atoms with van der Waals surface area (Å²) in [6.45, 7) is 8.23. The summed E-state index contributed by atoms with van der Waals surface area (Å²) in [5, 5.41) is 12.6. The van der Waals surface area contributed by atoms with E-state index in [0.29, 0.717) is 18.9 Å². The highest BCUT2D eigenvalue weighted by Gasteiger charge is 2.17. The Bertz CT molecular complexity index is 273. The average molecular weight is 251 g/mol. The lowest BCUT2D eigenvalue weighted by atomic mass is 10.2. The molecule has 98 valence electrons. The molecule has 0 aliphatic rings. The van der Waals surface area contributed by atoms with Crippen molar-refractivity contribution in [1.82, 2.24) is 5.32 Å². The van der Waals surface area contributed by atoms with Gasteiger partial charge in [-0.15, -0.1) is 0 Å². The summed E-state index contributed by atoms with van der Waals surface area (Å²) < 4.78 is 23.2. The first-order valence-electron chi connectivity index (χ1n) is 5.85. The van der Waals surface area contributed by atoms with Gasteiger partial charge in [0.05, 0.1) is 17.6 Å². The average Bonchev–Trinajstić information content (AvgIpc) is 2.11. The highest BCUT2D eigenvalue weighted by atomic mass is 32.2. The second-order valence-corrected chi connectivity index (χ2v) is 7.24. The third-order valence-electron chi connectivity index (χ3n) is 2.21. The molecule has 0 aliphatic carbocycles. The van der Waals surface area contributed by atoms with E-state index in [9.17, 15) is 13.5 Å². The molecular weight excluding hydrogens is 226 g/mol. The van der Waals surface area contributed by atoms with E-state index in [-0.39, 0.29) is 17.5 Å². The fraction of sp³-hybridized carbons (Fsp3) is 1.00. The Hall–Kier alpha value is -0.130. The molecule has 0 aliphatic heterocycles. The van der Waals surface area contributed by atoms with Crippen LogP contribution in [0.25, 0.3) is 0 Å². The van der Waals surface area contributed by atoms with Crippen molar-refractivity contribution >= 4 is 9.84 Å². The van der Waals surface area contributed by atoms with Gasteiger partial charge in [0.25, 0.3) is 0 Å². The van der Waals surface area contributed by atoms with Crippen molar-refractivity contribution in [3.8, 4) is 0 Å². The van der Waals surface area contributed by atoms with Crippen molar-refractivity contribution in [2.75, 3.05) is 18.1 Å². The van der Waals surface area contributed by atoms with Crippen molar-refractivity contribution in [1.29, 1.82) is 0 Å². The standard InChI is InChI=1S/C11H25NO3S/c1-9(2)5-6-16(14,15)8-11(13)7-12-10(3)4/h9-13H,5-8H2,1-4H3. The zero-order valence-electron chi connectivity index (χ0n) is 10.7. The summed E-state index contributed by atoms with van der Waals surface area (Å²) in [5.41, 5.74) is 0. The molecule has 2 N–H and O–H groups in total. The smallest absolute Gasteiger partial charge is 0.152 e. The van der Waals surface area contributed by atoms with Gasteiger partial charge < -0.3 is 10.4 Å². The van der Waals surface area contributed by atoms with Gasteiger partial charge in [-0.05, 0) is 12.3 Å². The van der Waals surface area contributed by atoms with E-state index in [1.54, 1.807) is 0 Å². The Labute approximate surface area is 99.4 Å². The Morgan fingerprint density at radius 1 is 1.19 bits per heavy atom. The van der Waals surface area contributed by atoms with Gasteiger partial charge in [0.1, 0.15) is 0 Å². The number of aliphatic hydroxyl groups excluding tert-OH is 1. The van der Waals surface area contributed by atoms with Gasteiger partial charge in [-0.25, -0.2) is 8.42 Å². The summed E-state index contributed by atoms with van der Waals surface area (Å²) in [6.07, 6.45) is -0.147. The molecule has 0 bridgehead atoms. The lowest BCUT2D eigenvalue weighted by Crippen LogP contribution is -2.36. The zero-order valence-corrected chi connectivity index (χ0v) is 11.5. The number of nitrogens with one attached hydrogen (secondary N) is 1. The molecule has 0 aromatic heterocycles. The van der Waals surface area contributed by atoms with Crippen LogP contribution in [0.15, 0.2) is 0 Å². The molecule has 0 saturated carbocycles. The second kappa shape index (κ2) is 7.25. The highest BCUT2D eigenvalue weighted by molar-refractivity contribution is 7.91. The Kier molecular flexibility index (Phi) is 7.19. The van der Waals surface area contributed by atoms with Crippen molar-refractivity contribution in [3.05, 3.63) is 0 Å². The van der Waals surface area contributed by atoms with Gasteiger partial charge in [0.15, 0.2) is 9.84 Å². The fourth-order valence-electron chi connectivity index (χ4n) is 1.22. The van der Waals surface area contributed by atoms with Crippen LogP contribution < -0.4 is 5.32 Å². The minimum absolute atomic E-state index is 0.139. The first kappa shape index (κ1) is 15.9. The Morgan fingerprint density at radius 2 is 1.75 bits per heavy atom. The molecule has 4 nitrogen and oxygen atoms in total. The second-order valence-electron chi connectivity index (χ2n) is 5.01. The molecule has 0 radical (unpaired) electrons. The van der Waals surface area contributed by atoms with Gasteiger partial charge >= 0.3 is 0 Å². The van der Waals surface area contributed by atoms with Gasteiger partial charge in [-0.3, -0.25) is 0 Å². The summed E-state index contributed by atoms with van der Waals surface area (Å²) in [4.78, 5) is 0. The van der Waals surface area contributed by atoms with Crippen molar-refractivity contribution in [2.24, 2.45) is 5.92 Å². The maximum Gasteiger partial charge on any atom is 0.152 e. The molecule has 5 heteroatoms. The quantitative estimate of drug-likeness (QED) is 0.670. The van der Waals surface area contributed by atoms with E-state index in [2.05, 4.69) is 5.32 Å². The SMILES string of the molecule is CC(C)CCS(=O)(=O)CC(O)CNC(C)C. The van der Waals surface area contributed by atoms with Gasteiger partial charge in [0, 0.05) is 12.6 Å². The number of rotatable bonds is 8. The Morgan fingerprint density at radius 3 is 2.19 bits per heavy atom. The summed E-state index contributed by atoms with van der Waals surface area (Å²) in [7, 11) is -3.11. The predicted molar refractivity (Wildman–Crippen MR) is 67.3 cm³/mol. The van der Waals surface area contributed by atoms with Crippen LogP contribution in [0.1, 0.15) is 34.1 Å². The van der Waals surface area contributed by atoms with Crippen LogP contribution in [0.3, 0.4) is 0 Å².